The summed E-state index contributed by atoms with van der Waals surface area (Å²) in [5.41, 5.74) is 1.28. The third kappa shape index (κ3) is 3.99. The van der Waals surface area contributed by atoms with Crippen LogP contribution in [-0.2, 0) is 16.1 Å². The maximum Gasteiger partial charge on any atom is 0.338 e. The molecule has 0 N–H and O–H groups in total. The molecule has 25 heavy (non-hydrogen) atoms. The number of hydrogen-bond donors (Lipinski definition) is 0. The van der Waals surface area contributed by atoms with Gasteiger partial charge >= 0.3 is 5.97 Å². The van der Waals surface area contributed by atoms with Gasteiger partial charge in [0.05, 0.1) is 18.7 Å². The van der Waals surface area contributed by atoms with E-state index in [1.54, 1.807) is 35.2 Å². The third-order valence-corrected chi connectivity index (χ3v) is 4.10. The van der Waals surface area contributed by atoms with E-state index in [0.29, 0.717) is 34.9 Å². The van der Waals surface area contributed by atoms with E-state index in [1.807, 2.05) is 13.0 Å². The fourth-order valence-corrected chi connectivity index (χ4v) is 2.77. The number of ether oxygens (including phenoxy) is 2. The largest absolute Gasteiger partial charge is 0.480 e. The van der Waals surface area contributed by atoms with Gasteiger partial charge in [-0.25, -0.2) is 9.78 Å². The first-order valence-electron chi connectivity index (χ1n) is 7.94. The first-order valence-corrected chi connectivity index (χ1v) is 8.73. The molecule has 0 bridgehead atoms. The van der Waals surface area contributed by atoms with Crippen molar-refractivity contribution in [2.24, 2.45) is 0 Å². The highest BCUT2D eigenvalue weighted by Crippen LogP contribution is 2.32. The van der Waals surface area contributed by atoms with Crippen LogP contribution in [-0.4, -0.2) is 30.1 Å². The summed E-state index contributed by atoms with van der Waals surface area (Å²) in [6, 6.07) is 10.6. The van der Waals surface area contributed by atoms with Crippen LogP contribution in [0.4, 0.5) is 5.82 Å². The van der Waals surface area contributed by atoms with E-state index in [4.69, 9.17) is 9.47 Å². The summed E-state index contributed by atoms with van der Waals surface area (Å²) in [6.45, 7) is 2.59. The first-order chi connectivity index (χ1) is 12.1. The van der Waals surface area contributed by atoms with Crippen molar-refractivity contribution in [3.8, 4) is 5.75 Å². The molecule has 0 radical (unpaired) electrons. The Kier molecular flexibility index (Phi) is 5.33. The molecule has 2 heterocycles. The fraction of sp³-hybridized carbons (Fsp3) is 0.278. The Morgan fingerprint density at radius 3 is 3.00 bits per heavy atom. The predicted octanol–water partition coefficient (Wildman–Crippen LogP) is 3.34. The fourth-order valence-electron chi connectivity index (χ4n) is 2.47. The zero-order chi connectivity index (χ0) is 17.8. The van der Waals surface area contributed by atoms with E-state index in [-0.39, 0.29) is 18.5 Å². The number of rotatable bonds is 5. The number of fused-ring (bicyclic) bond motifs is 1. The molecule has 6 nitrogen and oxygen atoms in total. The minimum atomic E-state index is -0.363. The van der Waals surface area contributed by atoms with Crippen LogP contribution < -0.4 is 9.64 Å². The van der Waals surface area contributed by atoms with E-state index >= 15 is 0 Å². The van der Waals surface area contributed by atoms with Gasteiger partial charge in [-0.2, -0.15) is 0 Å². The van der Waals surface area contributed by atoms with Crippen LogP contribution in [0.3, 0.4) is 0 Å². The standard InChI is InChI=1S/C18H17BrN2O4/c1-2-8-24-18(23)13-5-3-4-12(9-13)10-21-16(22)11-25-14-6-7-15(19)20-17(14)21/h3-7,9H,2,8,10-11H2,1H3. The average Bonchev–Trinajstić information content (AvgIpc) is 2.62. The Morgan fingerprint density at radius 1 is 1.36 bits per heavy atom. The lowest BCUT2D eigenvalue weighted by Gasteiger charge is -2.28. The summed E-state index contributed by atoms with van der Waals surface area (Å²) >= 11 is 3.31. The molecule has 3 rings (SSSR count). The summed E-state index contributed by atoms with van der Waals surface area (Å²) < 4.78 is 11.2. The van der Waals surface area contributed by atoms with E-state index in [2.05, 4.69) is 20.9 Å². The lowest BCUT2D eigenvalue weighted by Crippen LogP contribution is -2.39. The highest BCUT2D eigenvalue weighted by Gasteiger charge is 2.27. The van der Waals surface area contributed by atoms with Gasteiger partial charge in [0.2, 0.25) is 0 Å². The first kappa shape index (κ1) is 17.4. The molecule has 0 atom stereocenters. The predicted molar refractivity (Wildman–Crippen MR) is 95.6 cm³/mol. The van der Waals surface area contributed by atoms with Gasteiger partial charge in [-0.1, -0.05) is 19.1 Å². The third-order valence-electron chi connectivity index (χ3n) is 3.65. The van der Waals surface area contributed by atoms with Gasteiger partial charge in [-0.3, -0.25) is 9.69 Å². The number of carbonyl (C=O) groups is 2. The number of nitrogens with zero attached hydrogens (tertiary/aromatic N) is 2. The molecular formula is C18H17BrN2O4. The van der Waals surface area contributed by atoms with Crippen LogP contribution in [0, 0.1) is 0 Å². The number of hydrogen-bond acceptors (Lipinski definition) is 5. The van der Waals surface area contributed by atoms with Crippen molar-refractivity contribution in [2.75, 3.05) is 18.1 Å². The van der Waals surface area contributed by atoms with E-state index < -0.39 is 0 Å². The van der Waals surface area contributed by atoms with Crippen LogP contribution in [0.2, 0.25) is 0 Å². The number of benzene rings is 1. The Bertz CT molecular complexity index is 809. The number of anilines is 1. The van der Waals surface area contributed by atoms with Gasteiger partial charge in [-0.15, -0.1) is 0 Å². The van der Waals surface area contributed by atoms with Crippen LogP contribution in [0.1, 0.15) is 29.3 Å². The Hall–Kier alpha value is -2.41. The Labute approximate surface area is 153 Å². The topological polar surface area (TPSA) is 68.7 Å². The molecule has 1 aromatic heterocycles. The summed E-state index contributed by atoms with van der Waals surface area (Å²) in [6.07, 6.45) is 0.769. The van der Waals surface area contributed by atoms with Crippen LogP contribution >= 0.6 is 15.9 Å². The van der Waals surface area contributed by atoms with Gasteiger partial charge in [-0.05, 0) is 52.2 Å². The second kappa shape index (κ2) is 7.65. The molecule has 1 amide bonds. The zero-order valence-corrected chi connectivity index (χ0v) is 15.3. The van der Waals surface area contributed by atoms with Crippen molar-refractivity contribution in [1.82, 2.24) is 4.98 Å². The summed E-state index contributed by atoms with van der Waals surface area (Å²) in [4.78, 5) is 30.2. The van der Waals surface area contributed by atoms with Crippen molar-refractivity contribution in [2.45, 2.75) is 19.9 Å². The van der Waals surface area contributed by atoms with Crippen molar-refractivity contribution in [3.05, 3.63) is 52.1 Å². The van der Waals surface area contributed by atoms with Crippen LogP contribution in [0.25, 0.3) is 0 Å². The highest BCUT2D eigenvalue weighted by molar-refractivity contribution is 9.10. The van der Waals surface area contributed by atoms with Gasteiger partial charge in [0.1, 0.15) is 4.60 Å². The minimum Gasteiger partial charge on any atom is -0.480 e. The maximum atomic E-state index is 12.3. The molecular weight excluding hydrogens is 388 g/mol. The molecule has 1 aliphatic rings. The second-order valence-corrected chi connectivity index (χ2v) is 6.37. The summed E-state index contributed by atoms with van der Waals surface area (Å²) in [5, 5.41) is 0. The molecule has 0 saturated carbocycles. The molecule has 1 aliphatic heterocycles. The second-order valence-electron chi connectivity index (χ2n) is 5.56. The Morgan fingerprint density at radius 2 is 2.20 bits per heavy atom. The van der Waals surface area contributed by atoms with Gasteiger partial charge < -0.3 is 9.47 Å². The lowest BCUT2D eigenvalue weighted by atomic mass is 10.1. The summed E-state index contributed by atoms with van der Waals surface area (Å²) in [7, 11) is 0. The molecule has 2 aromatic rings. The molecule has 0 spiro atoms. The number of carbonyl (C=O) groups excluding carboxylic acids is 2. The minimum absolute atomic E-state index is 0.0332. The van der Waals surface area contributed by atoms with Gasteiger partial charge in [0.15, 0.2) is 18.2 Å². The SMILES string of the molecule is CCCOC(=O)c1cccc(CN2C(=O)COc3ccc(Br)nc32)c1. The van der Waals surface area contributed by atoms with Gasteiger partial charge in [0, 0.05) is 0 Å². The van der Waals surface area contributed by atoms with E-state index in [0.717, 1.165) is 12.0 Å². The van der Waals surface area contributed by atoms with E-state index in [1.165, 1.54) is 0 Å². The van der Waals surface area contributed by atoms with Crippen LogP contribution in [0.5, 0.6) is 5.75 Å². The van der Waals surface area contributed by atoms with Crippen molar-refractivity contribution in [1.29, 1.82) is 0 Å². The van der Waals surface area contributed by atoms with Gasteiger partial charge in [0.25, 0.3) is 5.91 Å². The molecule has 0 unspecified atom stereocenters. The Balaban J connectivity index is 1.84. The monoisotopic (exact) mass is 404 g/mol. The number of esters is 1. The smallest absolute Gasteiger partial charge is 0.338 e. The zero-order valence-electron chi connectivity index (χ0n) is 13.7. The maximum absolute atomic E-state index is 12.3. The van der Waals surface area contributed by atoms with Crippen molar-refractivity contribution in [3.63, 3.8) is 0 Å². The molecule has 1 aromatic carbocycles. The number of aromatic nitrogens is 1. The molecule has 130 valence electrons. The van der Waals surface area contributed by atoms with Crippen molar-refractivity contribution < 1.29 is 19.1 Å². The van der Waals surface area contributed by atoms with E-state index in [9.17, 15) is 9.59 Å². The number of amides is 1. The number of halogens is 1. The normalized spacial score (nSPS) is 13.2. The molecule has 0 saturated heterocycles. The molecule has 0 fully saturated rings. The lowest BCUT2D eigenvalue weighted by molar-refractivity contribution is -0.121. The van der Waals surface area contributed by atoms with Crippen molar-refractivity contribution >= 4 is 33.6 Å². The molecule has 0 aliphatic carbocycles. The summed E-state index contributed by atoms with van der Waals surface area (Å²) in [5.74, 6) is 0.473. The number of pyridine rings is 1. The quantitative estimate of drug-likeness (QED) is 0.564. The highest BCUT2D eigenvalue weighted by atomic mass is 79.9. The molecule has 7 heteroatoms. The van der Waals surface area contributed by atoms with Crippen LogP contribution in [0.15, 0.2) is 41.0 Å². The average molecular weight is 405 g/mol.